The zero-order valence-electron chi connectivity index (χ0n) is 12.8. The Hall–Kier alpha value is -1.75. The van der Waals surface area contributed by atoms with Gasteiger partial charge in [0.25, 0.3) is 0 Å². The molecule has 1 aliphatic rings. The third-order valence-corrected chi connectivity index (χ3v) is 3.91. The number of ether oxygens (including phenoxy) is 2. The monoisotopic (exact) mass is 289 g/mol. The number of benzene rings is 1. The molecule has 1 aliphatic heterocycles. The lowest BCUT2D eigenvalue weighted by Gasteiger charge is -2.19. The summed E-state index contributed by atoms with van der Waals surface area (Å²) in [5.41, 5.74) is 8.21. The summed E-state index contributed by atoms with van der Waals surface area (Å²) in [5.74, 6) is 2.70. The third kappa shape index (κ3) is 2.70. The average Bonchev–Trinajstić information content (AvgIpc) is 2.82. The third-order valence-electron chi connectivity index (χ3n) is 3.91. The number of aromatic nitrogens is 2. The van der Waals surface area contributed by atoms with Gasteiger partial charge in [-0.1, -0.05) is 13.8 Å². The predicted octanol–water partition coefficient (Wildman–Crippen LogP) is 2.50. The van der Waals surface area contributed by atoms with E-state index in [2.05, 4.69) is 18.4 Å². The SMILES string of the molecule is CCCc1nc2cc3c(cc2n1CC(N)CC)OCCO3. The number of rotatable bonds is 5. The van der Waals surface area contributed by atoms with Crippen LogP contribution < -0.4 is 15.2 Å². The first-order chi connectivity index (χ1) is 10.2. The smallest absolute Gasteiger partial charge is 0.163 e. The second-order valence-corrected chi connectivity index (χ2v) is 5.54. The van der Waals surface area contributed by atoms with E-state index in [1.54, 1.807) is 0 Å². The van der Waals surface area contributed by atoms with Crippen LogP contribution in [0.5, 0.6) is 11.5 Å². The summed E-state index contributed by atoms with van der Waals surface area (Å²) in [6, 6.07) is 4.17. The highest BCUT2D eigenvalue weighted by Crippen LogP contribution is 2.35. The predicted molar refractivity (Wildman–Crippen MR) is 83.0 cm³/mol. The molecule has 0 saturated heterocycles. The van der Waals surface area contributed by atoms with Gasteiger partial charge in [-0.25, -0.2) is 4.98 Å². The normalized spacial score (nSPS) is 15.4. The van der Waals surface area contributed by atoms with Crippen molar-refractivity contribution in [1.29, 1.82) is 0 Å². The topological polar surface area (TPSA) is 62.3 Å². The standard InChI is InChI=1S/C16H23N3O2/c1-3-5-16-18-12-8-14-15(21-7-6-20-14)9-13(12)19(16)10-11(17)4-2/h8-9,11H,3-7,10,17H2,1-2H3. The fourth-order valence-corrected chi connectivity index (χ4v) is 2.69. The molecule has 0 amide bonds. The highest BCUT2D eigenvalue weighted by molar-refractivity contribution is 5.80. The minimum atomic E-state index is 0.145. The van der Waals surface area contributed by atoms with Crippen molar-refractivity contribution in [1.82, 2.24) is 9.55 Å². The second kappa shape index (κ2) is 5.93. The van der Waals surface area contributed by atoms with Crippen LogP contribution in [0.15, 0.2) is 12.1 Å². The van der Waals surface area contributed by atoms with Crippen molar-refractivity contribution in [3.8, 4) is 11.5 Å². The minimum Gasteiger partial charge on any atom is -0.486 e. The number of nitrogens with zero attached hydrogens (tertiary/aromatic N) is 2. The van der Waals surface area contributed by atoms with Gasteiger partial charge in [-0.3, -0.25) is 0 Å². The fraction of sp³-hybridized carbons (Fsp3) is 0.562. The number of nitrogens with two attached hydrogens (primary N) is 1. The molecule has 0 saturated carbocycles. The Kier molecular flexibility index (Phi) is 4.01. The van der Waals surface area contributed by atoms with Gasteiger partial charge in [-0.05, 0) is 12.8 Å². The van der Waals surface area contributed by atoms with Crippen molar-refractivity contribution in [3.05, 3.63) is 18.0 Å². The fourth-order valence-electron chi connectivity index (χ4n) is 2.69. The van der Waals surface area contributed by atoms with Crippen LogP contribution in [0.3, 0.4) is 0 Å². The lowest BCUT2D eigenvalue weighted by molar-refractivity contribution is 0.172. The molecule has 0 radical (unpaired) electrons. The van der Waals surface area contributed by atoms with E-state index in [1.165, 1.54) is 0 Å². The molecule has 114 valence electrons. The largest absolute Gasteiger partial charge is 0.486 e. The van der Waals surface area contributed by atoms with Gasteiger partial charge >= 0.3 is 0 Å². The summed E-state index contributed by atoms with van der Waals surface area (Å²) in [6.45, 7) is 6.27. The van der Waals surface area contributed by atoms with Gasteiger partial charge < -0.3 is 19.8 Å². The zero-order valence-corrected chi connectivity index (χ0v) is 12.8. The van der Waals surface area contributed by atoms with Crippen molar-refractivity contribution < 1.29 is 9.47 Å². The Morgan fingerprint density at radius 3 is 2.62 bits per heavy atom. The van der Waals surface area contributed by atoms with Crippen LogP contribution >= 0.6 is 0 Å². The van der Waals surface area contributed by atoms with Crippen LogP contribution in [0, 0.1) is 0 Å². The zero-order chi connectivity index (χ0) is 14.8. The van der Waals surface area contributed by atoms with Crippen molar-refractivity contribution in [2.45, 2.75) is 45.7 Å². The van der Waals surface area contributed by atoms with Crippen molar-refractivity contribution >= 4 is 11.0 Å². The molecule has 1 aromatic heterocycles. The van der Waals surface area contributed by atoms with Crippen LogP contribution in [0.4, 0.5) is 0 Å². The molecule has 1 atom stereocenters. The van der Waals surface area contributed by atoms with E-state index in [0.29, 0.717) is 13.2 Å². The van der Waals surface area contributed by atoms with E-state index in [0.717, 1.165) is 54.2 Å². The maximum Gasteiger partial charge on any atom is 0.163 e. The summed E-state index contributed by atoms with van der Waals surface area (Å²) in [5, 5.41) is 0. The summed E-state index contributed by atoms with van der Waals surface area (Å²) >= 11 is 0. The first-order valence-corrected chi connectivity index (χ1v) is 7.77. The molecule has 2 heterocycles. The Labute approximate surface area is 125 Å². The highest BCUT2D eigenvalue weighted by Gasteiger charge is 2.18. The molecule has 0 bridgehead atoms. The van der Waals surface area contributed by atoms with Gasteiger partial charge in [0.15, 0.2) is 11.5 Å². The second-order valence-electron chi connectivity index (χ2n) is 5.54. The summed E-state index contributed by atoms with van der Waals surface area (Å²) in [4.78, 5) is 4.77. The molecule has 0 aliphatic carbocycles. The molecule has 3 rings (SSSR count). The van der Waals surface area contributed by atoms with Crippen molar-refractivity contribution in [3.63, 3.8) is 0 Å². The number of hydrogen-bond donors (Lipinski definition) is 1. The quantitative estimate of drug-likeness (QED) is 0.918. The number of fused-ring (bicyclic) bond motifs is 2. The summed E-state index contributed by atoms with van der Waals surface area (Å²) in [7, 11) is 0. The average molecular weight is 289 g/mol. The number of hydrogen-bond acceptors (Lipinski definition) is 4. The minimum absolute atomic E-state index is 0.145. The molecule has 0 spiro atoms. The van der Waals surface area contributed by atoms with Gasteiger partial charge in [0.05, 0.1) is 11.0 Å². The number of imidazole rings is 1. The summed E-state index contributed by atoms with van der Waals surface area (Å²) in [6.07, 6.45) is 2.98. The highest BCUT2D eigenvalue weighted by atomic mass is 16.6. The molecular formula is C16H23N3O2. The number of aryl methyl sites for hydroxylation is 1. The molecule has 2 aromatic rings. The van der Waals surface area contributed by atoms with E-state index in [-0.39, 0.29) is 6.04 Å². The van der Waals surface area contributed by atoms with Crippen LogP contribution in [0.25, 0.3) is 11.0 Å². The molecule has 5 nitrogen and oxygen atoms in total. The lowest BCUT2D eigenvalue weighted by atomic mass is 10.2. The van der Waals surface area contributed by atoms with Crippen LogP contribution in [-0.4, -0.2) is 28.8 Å². The van der Waals surface area contributed by atoms with Gasteiger partial charge in [-0.15, -0.1) is 0 Å². The Morgan fingerprint density at radius 1 is 1.24 bits per heavy atom. The van der Waals surface area contributed by atoms with E-state index in [1.807, 2.05) is 12.1 Å². The van der Waals surface area contributed by atoms with E-state index in [4.69, 9.17) is 20.2 Å². The van der Waals surface area contributed by atoms with Crippen LogP contribution in [-0.2, 0) is 13.0 Å². The van der Waals surface area contributed by atoms with Gasteiger partial charge in [0.1, 0.15) is 19.0 Å². The maximum atomic E-state index is 6.15. The van der Waals surface area contributed by atoms with Gasteiger partial charge in [-0.2, -0.15) is 0 Å². The Morgan fingerprint density at radius 2 is 1.95 bits per heavy atom. The molecule has 21 heavy (non-hydrogen) atoms. The molecule has 1 aromatic carbocycles. The molecule has 1 unspecified atom stereocenters. The van der Waals surface area contributed by atoms with Crippen molar-refractivity contribution in [2.75, 3.05) is 13.2 Å². The van der Waals surface area contributed by atoms with E-state index >= 15 is 0 Å². The van der Waals surface area contributed by atoms with Crippen LogP contribution in [0.1, 0.15) is 32.5 Å². The summed E-state index contributed by atoms with van der Waals surface area (Å²) < 4.78 is 13.6. The van der Waals surface area contributed by atoms with E-state index in [9.17, 15) is 0 Å². The Bertz CT molecular complexity index is 636. The van der Waals surface area contributed by atoms with Gasteiger partial charge in [0, 0.05) is 31.1 Å². The molecule has 2 N–H and O–H groups in total. The van der Waals surface area contributed by atoms with E-state index < -0.39 is 0 Å². The molecular weight excluding hydrogens is 266 g/mol. The first-order valence-electron chi connectivity index (χ1n) is 7.77. The van der Waals surface area contributed by atoms with Crippen LogP contribution in [0.2, 0.25) is 0 Å². The van der Waals surface area contributed by atoms with Gasteiger partial charge in [0.2, 0.25) is 0 Å². The lowest BCUT2D eigenvalue weighted by Crippen LogP contribution is -2.26. The first kappa shape index (κ1) is 14.2. The maximum absolute atomic E-state index is 6.15. The molecule has 5 heteroatoms. The van der Waals surface area contributed by atoms with Crippen molar-refractivity contribution in [2.24, 2.45) is 5.73 Å². The Balaban J connectivity index is 2.09. The molecule has 0 fully saturated rings.